The van der Waals surface area contributed by atoms with Crippen LogP contribution < -0.4 is 10.2 Å². The normalized spacial score (nSPS) is 10.9. The third kappa shape index (κ3) is 5.56. The number of carbonyl (C=O) groups is 1. The Morgan fingerprint density at radius 3 is 2.41 bits per heavy atom. The molecule has 0 spiro atoms. The molecule has 7 heteroatoms. The first-order chi connectivity index (χ1) is 13.9. The summed E-state index contributed by atoms with van der Waals surface area (Å²) in [5.74, 6) is 0.507. The van der Waals surface area contributed by atoms with Gasteiger partial charge in [-0.2, -0.15) is 5.10 Å². The molecule has 0 unspecified atom stereocenters. The van der Waals surface area contributed by atoms with E-state index < -0.39 is 0 Å². The van der Waals surface area contributed by atoms with E-state index in [1.807, 2.05) is 32.0 Å². The van der Waals surface area contributed by atoms with Gasteiger partial charge in [-0.25, -0.2) is 5.43 Å². The maximum Gasteiger partial charge on any atom is 0.271 e. The smallest absolute Gasteiger partial charge is 0.271 e. The summed E-state index contributed by atoms with van der Waals surface area (Å²) in [7, 11) is 0. The molecule has 5 nitrogen and oxygen atoms in total. The Kier molecular flexibility index (Phi) is 6.86. The van der Waals surface area contributed by atoms with Gasteiger partial charge in [0.25, 0.3) is 5.91 Å². The number of benzene rings is 2. The summed E-state index contributed by atoms with van der Waals surface area (Å²) in [6.07, 6.45) is 4.71. The molecule has 1 amide bonds. The first-order valence-corrected chi connectivity index (χ1v) is 9.61. The lowest BCUT2D eigenvalue weighted by Gasteiger charge is -2.13. The number of pyridine rings is 1. The minimum absolute atomic E-state index is 0.293. The summed E-state index contributed by atoms with van der Waals surface area (Å²) >= 11 is 12.0. The van der Waals surface area contributed by atoms with Crippen LogP contribution in [0.1, 0.15) is 32.6 Å². The molecule has 3 aromatic rings. The highest BCUT2D eigenvalue weighted by Crippen LogP contribution is 2.27. The Hall–Kier alpha value is -2.89. The first-order valence-electron chi connectivity index (χ1n) is 8.85. The number of hydrogen-bond acceptors (Lipinski definition) is 4. The van der Waals surface area contributed by atoms with E-state index in [0.29, 0.717) is 22.2 Å². The van der Waals surface area contributed by atoms with Crippen LogP contribution in [0.4, 0.5) is 0 Å². The Bertz CT molecular complexity index is 1030. The van der Waals surface area contributed by atoms with Crippen LogP contribution >= 0.6 is 23.2 Å². The number of hydrazone groups is 1. The second-order valence-corrected chi connectivity index (χ2v) is 7.27. The number of halogens is 2. The number of aryl methyl sites for hydroxylation is 2. The monoisotopic (exact) mass is 427 g/mol. The Morgan fingerprint density at radius 1 is 1.07 bits per heavy atom. The van der Waals surface area contributed by atoms with Gasteiger partial charge in [0.05, 0.1) is 16.3 Å². The number of ether oxygens (including phenoxy) is 1. The van der Waals surface area contributed by atoms with Crippen LogP contribution in [0.2, 0.25) is 10.0 Å². The molecular weight excluding hydrogens is 409 g/mol. The minimum atomic E-state index is -0.293. The first kappa shape index (κ1) is 20.8. The zero-order chi connectivity index (χ0) is 20.8. The van der Waals surface area contributed by atoms with Crippen molar-refractivity contribution in [3.8, 4) is 5.75 Å². The van der Waals surface area contributed by atoms with Crippen molar-refractivity contribution in [1.29, 1.82) is 0 Å². The Morgan fingerprint density at radius 2 is 1.76 bits per heavy atom. The molecule has 0 bridgehead atoms. The lowest BCUT2D eigenvalue weighted by molar-refractivity contribution is 0.0955. The zero-order valence-electron chi connectivity index (χ0n) is 15.9. The van der Waals surface area contributed by atoms with Gasteiger partial charge in [0, 0.05) is 18.0 Å². The highest BCUT2D eigenvalue weighted by Gasteiger charge is 2.08. The second kappa shape index (κ2) is 9.54. The van der Waals surface area contributed by atoms with Crippen molar-refractivity contribution in [3.05, 3.63) is 92.7 Å². The molecule has 0 saturated heterocycles. The van der Waals surface area contributed by atoms with Crippen LogP contribution in [0.5, 0.6) is 5.75 Å². The summed E-state index contributed by atoms with van der Waals surface area (Å²) in [5, 5.41) is 5.05. The topological polar surface area (TPSA) is 63.6 Å². The van der Waals surface area contributed by atoms with Gasteiger partial charge < -0.3 is 4.74 Å². The van der Waals surface area contributed by atoms with Crippen molar-refractivity contribution in [2.24, 2.45) is 5.10 Å². The number of aromatic nitrogens is 1. The molecule has 1 heterocycles. The van der Waals surface area contributed by atoms with Gasteiger partial charge in [0.1, 0.15) is 12.4 Å². The van der Waals surface area contributed by atoms with Gasteiger partial charge in [-0.3, -0.25) is 9.78 Å². The zero-order valence-corrected chi connectivity index (χ0v) is 17.5. The van der Waals surface area contributed by atoms with Crippen LogP contribution in [0.15, 0.2) is 60.0 Å². The number of rotatable bonds is 6. The standard InChI is InChI=1S/C22H19Cl2N3O2/c1-14-9-17(12-26-27-22(28)18-5-7-25-8-6-18)10-15(2)21(14)29-13-16-3-4-19(23)20(24)11-16/h3-12H,13H2,1-2H3,(H,27,28)/b26-12-. The quantitative estimate of drug-likeness (QED) is 0.425. The van der Waals surface area contributed by atoms with E-state index in [4.69, 9.17) is 27.9 Å². The molecule has 0 aliphatic rings. The van der Waals surface area contributed by atoms with Crippen LogP contribution in [-0.4, -0.2) is 17.1 Å². The molecule has 0 saturated carbocycles. The third-order valence-corrected chi connectivity index (χ3v) is 4.91. The maximum absolute atomic E-state index is 12.0. The molecule has 3 rings (SSSR count). The van der Waals surface area contributed by atoms with Crippen molar-refractivity contribution in [2.75, 3.05) is 0 Å². The summed E-state index contributed by atoms with van der Waals surface area (Å²) < 4.78 is 5.98. The summed E-state index contributed by atoms with van der Waals surface area (Å²) in [5.41, 5.74) is 6.72. The van der Waals surface area contributed by atoms with Crippen LogP contribution in [0, 0.1) is 13.8 Å². The third-order valence-electron chi connectivity index (χ3n) is 4.17. The number of nitrogens with zero attached hydrogens (tertiary/aromatic N) is 2. The largest absolute Gasteiger partial charge is 0.488 e. The molecule has 0 atom stereocenters. The van der Waals surface area contributed by atoms with Crippen molar-refractivity contribution in [1.82, 2.24) is 10.4 Å². The molecule has 29 heavy (non-hydrogen) atoms. The summed E-state index contributed by atoms with van der Waals surface area (Å²) in [6.45, 7) is 4.31. The average Bonchev–Trinajstić information content (AvgIpc) is 2.70. The maximum atomic E-state index is 12.0. The highest BCUT2D eigenvalue weighted by molar-refractivity contribution is 6.42. The van der Waals surface area contributed by atoms with Crippen molar-refractivity contribution in [3.63, 3.8) is 0 Å². The highest BCUT2D eigenvalue weighted by atomic mass is 35.5. The fraction of sp³-hybridized carbons (Fsp3) is 0.136. The molecule has 2 aromatic carbocycles. The molecule has 0 aliphatic carbocycles. The van der Waals surface area contributed by atoms with E-state index in [9.17, 15) is 4.79 Å². The van der Waals surface area contributed by atoms with Crippen molar-refractivity contribution in [2.45, 2.75) is 20.5 Å². The van der Waals surface area contributed by atoms with Crippen LogP contribution in [-0.2, 0) is 6.61 Å². The van der Waals surface area contributed by atoms with E-state index in [1.165, 1.54) is 0 Å². The summed E-state index contributed by atoms with van der Waals surface area (Å²) in [4.78, 5) is 15.9. The van der Waals surface area contributed by atoms with Gasteiger partial charge in [-0.1, -0.05) is 29.3 Å². The molecular formula is C22H19Cl2N3O2. The predicted molar refractivity (Wildman–Crippen MR) is 116 cm³/mol. The van der Waals surface area contributed by atoms with Gasteiger partial charge in [0.2, 0.25) is 0 Å². The lowest BCUT2D eigenvalue weighted by Crippen LogP contribution is -2.17. The molecule has 1 N–H and O–H groups in total. The van der Waals surface area contributed by atoms with Gasteiger partial charge in [-0.05, 0) is 72.5 Å². The average molecular weight is 428 g/mol. The van der Waals surface area contributed by atoms with Crippen LogP contribution in [0.3, 0.4) is 0 Å². The molecule has 0 radical (unpaired) electrons. The molecule has 0 aliphatic heterocycles. The van der Waals surface area contributed by atoms with Gasteiger partial charge in [0.15, 0.2) is 0 Å². The fourth-order valence-corrected chi connectivity index (χ4v) is 3.12. The van der Waals surface area contributed by atoms with Crippen LogP contribution in [0.25, 0.3) is 0 Å². The lowest BCUT2D eigenvalue weighted by atomic mass is 10.1. The van der Waals surface area contributed by atoms with E-state index in [0.717, 1.165) is 28.0 Å². The van der Waals surface area contributed by atoms with E-state index >= 15 is 0 Å². The second-order valence-electron chi connectivity index (χ2n) is 6.46. The van der Waals surface area contributed by atoms with Crippen molar-refractivity contribution >= 4 is 35.3 Å². The van der Waals surface area contributed by atoms with Gasteiger partial charge in [-0.15, -0.1) is 0 Å². The Labute approximate surface area is 179 Å². The van der Waals surface area contributed by atoms with E-state index in [1.54, 1.807) is 42.9 Å². The van der Waals surface area contributed by atoms with Crippen molar-refractivity contribution < 1.29 is 9.53 Å². The number of amides is 1. The summed E-state index contributed by atoms with van der Waals surface area (Å²) in [6, 6.07) is 12.6. The number of hydrogen-bond donors (Lipinski definition) is 1. The molecule has 0 fully saturated rings. The SMILES string of the molecule is Cc1cc(/C=N\NC(=O)c2ccncc2)cc(C)c1OCc1ccc(Cl)c(Cl)c1. The molecule has 148 valence electrons. The minimum Gasteiger partial charge on any atom is -0.488 e. The van der Waals surface area contributed by atoms with Gasteiger partial charge >= 0.3 is 0 Å². The number of carbonyl (C=O) groups excluding carboxylic acids is 1. The Balaban J connectivity index is 1.65. The molecule has 1 aromatic heterocycles. The number of nitrogens with one attached hydrogen (secondary N) is 1. The van der Waals surface area contributed by atoms with E-state index in [2.05, 4.69) is 15.5 Å². The fourth-order valence-electron chi connectivity index (χ4n) is 2.80. The van der Waals surface area contributed by atoms with E-state index in [-0.39, 0.29) is 5.91 Å². The predicted octanol–water partition coefficient (Wildman–Crippen LogP) is 5.35.